The molecule has 1 aliphatic heterocycles. The van der Waals surface area contributed by atoms with Crippen molar-refractivity contribution in [2.45, 2.75) is 64.2 Å². The fourth-order valence-corrected chi connectivity index (χ4v) is 3.07. The van der Waals surface area contributed by atoms with Crippen LogP contribution in [0.15, 0.2) is 30.3 Å². The summed E-state index contributed by atoms with van der Waals surface area (Å²) in [6, 6.07) is 10.4. The zero-order valence-corrected chi connectivity index (χ0v) is 15.9. The van der Waals surface area contributed by atoms with Crippen LogP contribution in [0.4, 0.5) is 4.79 Å². The summed E-state index contributed by atoms with van der Waals surface area (Å²) in [5.41, 5.74) is -0.0818. The van der Waals surface area contributed by atoms with E-state index in [2.05, 4.69) is 24.4 Å². The van der Waals surface area contributed by atoms with Crippen LogP contribution in [-0.4, -0.2) is 46.9 Å². The van der Waals surface area contributed by atoms with Crippen molar-refractivity contribution in [2.75, 3.05) is 19.6 Å². The van der Waals surface area contributed by atoms with Gasteiger partial charge in [-0.05, 0) is 52.5 Å². The predicted octanol–water partition coefficient (Wildman–Crippen LogP) is 3.49. The van der Waals surface area contributed by atoms with E-state index in [1.807, 2.05) is 39.0 Å². The molecular weight excluding hydrogens is 316 g/mol. The quantitative estimate of drug-likeness (QED) is 0.874. The molecule has 5 nitrogen and oxygen atoms in total. The summed E-state index contributed by atoms with van der Waals surface area (Å²) >= 11 is 0. The van der Waals surface area contributed by atoms with Crippen LogP contribution in [-0.2, 0) is 4.74 Å². The lowest BCUT2D eigenvalue weighted by atomic mass is 9.94. The lowest BCUT2D eigenvalue weighted by Gasteiger charge is -2.29. The Hall–Kier alpha value is -1.59. The third-order valence-electron chi connectivity index (χ3n) is 4.61. The van der Waals surface area contributed by atoms with Gasteiger partial charge in [-0.25, -0.2) is 4.79 Å². The minimum Gasteiger partial charge on any atom is -0.444 e. The van der Waals surface area contributed by atoms with E-state index in [1.54, 1.807) is 4.90 Å². The number of benzene rings is 1. The second kappa shape index (κ2) is 8.19. The van der Waals surface area contributed by atoms with E-state index in [0.29, 0.717) is 32.5 Å². The molecule has 1 fully saturated rings. The van der Waals surface area contributed by atoms with Gasteiger partial charge in [0.1, 0.15) is 5.60 Å². The average Bonchev–Trinajstić information content (AvgIpc) is 2.74. The topological polar surface area (TPSA) is 61.8 Å². The number of carbonyl (C=O) groups excluding carboxylic acids is 1. The van der Waals surface area contributed by atoms with Gasteiger partial charge in [0.2, 0.25) is 0 Å². The first-order valence-electron chi connectivity index (χ1n) is 9.17. The van der Waals surface area contributed by atoms with Gasteiger partial charge in [0.25, 0.3) is 0 Å². The lowest BCUT2D eigenvalue weighted by molar-refractivity contribution is 0.0145. The van der Waals surface area contributed by atoms with Gasteiger partial charge < -0.3 is 20.1 Å². The first-order valence-corrected chi connectivity index (χ1v) is 9.17. The number of amides is 1. The lowest BCUT2D eigenvalue weighted by Crippen LogP contribution is -2.43. The van der Waals surface area contributed by atoms with Crippen molar-refractivity contribution in [3.63, 3.8) is 0 Å². The Morgan fingerprint density at radius 1 is 1.28 bits per heavy atom. The Kier molecular flexibility index (Phi) is 6.47. The summed E-state index contributed by atoms with van der Waals surface area (Å²) in [6.45, 7) is 9.38. The number of ether oxygens (including phenoxy) is 1. The van der Waals surface area contributed by atoms with Crippen molar-refractivity contribution < 1.29 is 14.6 Å². The minimum absolute atomic E-state index is 0.176. The van der Waals surface area contributed by atoms with Crippen LogP contribution in [0.5, 0.6) is 0 Å². The van der Waals surface area contributed by atoms with E-state index in [0.717, 1.165) is 6.42 Å². The van der Waals surface area contributed by atoms with Crippen LogP contribution in [0.3, 0.4) is 0 Å². The van der Waals surface area contributed by atoms with Gasteiger partial charge in [-0.15, -0.1) is 0 Å². The van der Waals surface area contributed by atoms with Crippen LogP contribution < -0.4 is 5.32 Å². The van der Waals surface area contributed by atoms with E-state index in [9.17, 15) is 9.90 Å². The third kappa shape index (κ3) is 6.33. The highest BCUT2D eigenvalue weighted by molar-refractivity contribution is 5.68. The summed E-state index contributed by atoms with van der Waals surface area (Å²) in [7, 11) is 0. The molecule has 1 aromatic carbocycles. The minimum atomic E-state index is -0.792. The fraction of sp³-hybridized carbons (Fsp3) is 0.650. The Bertz CT molecular complexity index is 556. The van der Waals surface area contributed by atoms with Crippen LogP contribution in [0.2, 0.25) is 0 Å². The summed E-state index contributed by atoms with van der Waals surface area (Å²) < 4.78 is 5.45. The van der Waals surface area contributed by atoms with E-state index < -0.39 is 11.2 Å². The normalized spacial score (nSPS) is 23.0. The molecule has 5 heteroatoms. The number of hydrogen-bond acceptors (Lipinski definition) is 4. The van der Waals surface area contributed by atoms with Crippen LogP contribution >= 0.6 is 0 Å². The van der Waals surface area contributed by atoms with E-state index in [-0.39, 0.29) is 12.1 Å². The maximum absolute atomic E-state index is 12.2. The monoisotopic (exact) mass is 348 g/mol. The van der Waals surface area contributed by atoms with Gasteiger partial charge in [-0.1, -0.05) is 30.3 Å². The average molecular weight is 348 g/mol. The van der Waals surface area contributed by atoms with Crippen molar-refractivity contribution in [3.8, 4) is 0 Å². The standard InChI is InChI=1S/C20H32N2O3/c1-16(17-9-6-5-7-10-17)21-15-20(24)11-8-13-22(14-12-20)18(23)25-19(2,3)4/h5-7,9-10,16,21,24H,8,11-15H2,1-4H3/t16-,20?/m1/s1. The highest BCUT2D eigenvalue weighted by Gasteiger charge is 2.33. The maximum atomic E-state index is 12.2. The number of nitrogens with zero attached hydrogens (tertiary/aromatic N) is 1. The second-order valence-electron chi connectivity index (χ2n) is 8.06. The molecule has 0 aliphatic carbocycles. The summed E-state index contributed by atoms with van der Waals surface area (Å²) in [5.74, 6) is 0. The maximum Gasteiger partial charge on any atom is 0.410 e. The first-order chi connectivity index (χ1) is 11.7. The first kappa shape index (κ1) is 19.7. The number of hydrogen-bond donors (Lipinski definition) is 2. The van der Waals surface area contributed by atoms with Crippen molar-refractivity contribution in [1.82, 2.24) is 10.2 Å². The third-order valence-corrected chi connectivity index (χ3v) is 4.61. The zero-order valence-electron chi connectivity index (χ0n) is 15.9. The molecule has 1 aromatic rings. The molecule has 0 spiro atoms. The Morgan fingerprint density at radius 3 is 2.60 bits per heavy atom. The van der Waals surface area contributed by atoms with Gasteiger partial charge in [-0.2, -0.15) is 0 Å². The molecule has 1 heterocycles. The van der Waals surface area contributed by atoms with Crippen molar-refractivity contribution >= 4 is 6.09 Å². The van der Waals surface area contributed by atoms with Crippen LogP contribution in [0, 0.1) is 0 Å². The van der Waals surface area contributed by atoms with Gasteiger partial charge in [0.15, 0.2) is 0 Å². The van der Waals surface area contributed by atoms with E-state index in [1.165, 1.54) is 5.56 Å². The number of aliphatic hydroxyl groups is 1. The Morgan fingerprint density at radius 2 is 1.96 bits per heavy atom. The molecule has 2 atom stereocenters. The second-order valence-corrected chi connectivity index (χ2v) is 8.06. The smallest absolute Gasteiger partial charge is 0.410 e. The fourth-order valence-electron chi connectivity index (χ4n) is 3.07. The highest BCUT2D eigenvalue weighted by atomic mass is 16.6. The van der Waals surface area contributed by atoms with Crippen LogP contribution in [0.1, 0.15) is 58.6 Å². The van der Waals surface area contributed by atoms with Gasteiger partial charge >= 0.3 is 6.09 Å². The molecular formula is C20H32N2O3. The summed E-state index contributed by atoms with van der Waals surface area (Å²) in [4.78, 5) is 13.9. The molecule has 25 heavy (non-hydrogen) atoms. The number of rotatable bonds is 4. The van der Waals surface area contributed by atoms with Gasteiger partial charge in [-0.3, -0.25) is 0 Å². The zero-order chi connectivity index (χ0) is 18.5. The van der Waals surface area contributed by atoms with Gasteiger partial charge in [0, 0.05) is 25.7 Å². The predicted molar refractivity (Wildman–Crippen MR) is 99.5 cm³/mol. The van der Waals surface area contributed by atoms with Crippen molar-refractivity contribution in [1.29, 1.82) is 0 Å². The molecule has 140 valence electrons. The number of likely N-dealkylation sites (tertiary alicyclic amines) is 1. The molecule has 1 unspecified atom stereocenters. The number of nitrogens with one attached hydrogen (secondary N) is 1. The summed E-state index contributed by atoms with van der Waals surface area (Å²) in [6.07, 6.45) is 1.72. The molecule has 1 amide bonds. The van der Waals surface area contributed by atoms with E-state index >= 15 is 0 Å². The molecule has 2 N–H and O–H groups in total. The highest BCUT2D eigenvalue weighted by Crippen LogP contribution is 2.24. The molecule has 0 bridgehead atoms. The van der Waals surface area contributed by atoms with Crippen molar-refractivity contribution in [3.05, 3.63) is 35.9 Å². The molecule has 1 saturated heterocycles. The largest absolute Gasteiger partial charge is 0.444 e. The Balaban J connectivity index is 1.87. The van der Waals surface area contributed by atoms with Crippen LogP contribution in [0.25, 0.3) is 0 Å². The SMILES string of the molecule is C[C@@H](NCC1(O)CCCN(C(=O)OC(C)(C)C)CC1)c1ccccc1. The molecule has 2 rings (SSSR count). The van der Waals surface area contributed by atoms with E-state index in [4.69, 9.17) is 4.74 Å². The van der Waals surface area contributed by atoms with Crippen molar-refractivity contribution in [2.24, 2.45) is 0 Å². The summed E-state index contributed by atoms with van der Waals surface area (Å²) in [5, 5.41) is 14.4. The molecule has 0 radical (unpaired) electrons. The molecule has 0 aromatic heterocycles. The van der Waals surface area contributed by atoms with Gasteiger partial charge in [0.05, 0.1) is 5.60 Å². The molecule has 1 aliphatic rings. The number of carbonyl (C=O) groups is 1. The molecule has 0 saturated carbocycles. The Labute approximate surface area is 151 Å².